The predicted molar refractivity (Wildman–Crippen MR) is 91.4 cm³/mol. The second-order valence-corrected chi connectivity index (χ2v) is 6.49. The highest BCUT2D eigenvalue weighted by molar-refractivity contribution is 9.10. The first-order valence-corrected chi connectivity index (χ1v) is 8.46. The number of rotatable bonds is 5. The number of hydrogen-bond donors (Lipinski definition) is 0. The molecule has 0 aliphatic carbocycles. The molecule has 7 nitrogen and oxygen atoms in total. The van der Waals surface area contributed by atoms with E-state index in [1.165, 1.54) is 0 Å². The molecule has 0 saturated carbocycles. The Kier molecular flexibility index (Phi) is 5.45. The van der Waals surface area contributed by atoms with Crippen LogP contribution in [-0.4, -0.2) is 48.3 Å². The fraction of sp³-hybridized carbons (Fsp3) is 0.438. The van der Waals surface area contributed by atoms with Gasteiger partial charge in [-0.05, 0) is 18.2 Å². The van der Waals surface area contributed by atoms with E-state index in [1.54, 1.807) is 7.11 Å². The van der Waals surface area contributed by atoms with Crippen LogP contribution in [0.4, 0.5) is 5.69 Å². The molecule has 2 heterocycles. The van der Waals surface area contributed by atoms with E-state index >= 15 is 0 Å². The van der Waals surface area contributed by atoms with Gasteiger partial charge in [-0.2, -0.15) is 10.2 Å². The Morgan fingerprint density at radius 1 is 1.33 bits per heavy atom. The number of ether oxygens (including phenoxy) is 1. The molecule has 1 aliphatic rings. The average Bonchev–Trinajstić information content (AvgIpc) is 3.03. The van der Waals surface area contributed by atoms with Crippen LogP contribution in [0.2, 0.25) is 0 Å². The van der Waals surface area contributed by atoms with Crippen molar-refractivity contribution in [2.24, 2.45) is 0 Å². The number of benzene rings is 1. The van der Waals surface area contributed by atoms with E-state index in [2.05, 4.69) is 41.9 Å². The van der Waals surface area contributed by atoms with Crippen LogP contribution >= 0.6 is 15.9 Å². The van der Waals surface area contributed by atoms with Gasteiger partial charge in [0.25, 0.3) is 0 Å². The van der Waals surface area contributed by atoms with Gasteiger partial charge in [-0.15, -0.1) is 0 Å². The number of aromatic nitrogens is 2. The maximum absolute atomic E-state index is 9.32. The van der Waals surface area contributed by atoms with Crippen molar-refractivity contribution < 1.29 is 9.26 Å². The summed E-state index contributed by atoms with van der Waals surface area (Å²) in [5, 5.41) is 13.2. The van der Waals surface area contributed by atoms with E-state index in [0.29, 0.717) is 30.4 Å². The topological polar surface area (TPSA) is 78.4 Å². The minimum absolute atomic E-state index is 0.359. The van der Waals surface area contributed by atoms with Gasteiger partial charge in [-0.25, -0.2) is 0 Å². The standard InChI is InChI=1S/C16H18BrN5O2/c1-23-11-15-19-16(24-20-15)10-21-4-6-22(7-5-21)14-3-2-13(17)8-12(14)9-18/h2-3,8H,4-7,10-11H2,1H3. The third-order valence-corrected chi connectivity index (χ3v) is 4.43. The average molecular weight is 392 g/mol. The van der Waals surface area contributed by atoms with Gasteiger partial charge < -0.3 is 14.2 Å². The van der Waals surface area contributed by atoms with Gasteiger partial charge in [0.15, 0.2) is 5.82 Å². The Morgan fingerprint density at radius 2 is 2.12 bits per heavy atom. The molecule has 0 N–H and O–H groups in total. The third-order valence-electron chi connectivity index (χ3n) is 3.93. The normalized spacial score (nSPS) is 15.5. The lowest BCUT2D eigenvalue weighted by Gasteiger charge is -2.35. The molecule has 126 valence electrons. The molecule has 0 spiro atoms. The van der Waals surface area contributed by atoms with Gasteiger partial charge in [-0.3, -0.25) is 4.90 Å². The Bertz CT molecular complexity index is 734. The summed E-state index contributed by atoms with van der Waals surface area (Å²) in [6.45, 7) is 4.46. The lowest BCUT2D eigenvalue weighted by molar-refractivity contribution is 0.174. The van der Waals surface area contributed by atoms with Crippen molar-refractivity contribution in [1.29, 1.82) is 5.26 Å². The molecule has 0 radical (unpaired) electrons. The Labute approximate surface area is 148 Å². The zero-order valence-corrected chi connectivity index (χ0v) is 15.0. The zero-order valence-electron chi connectivity index (χ0n) is 13.4. The van der Waals surface area contributed by atoms with Crippen molar-refractivity contribution in [2.45, 2.75) is 13.2 Å². The molecule has 0 amide bonds. The van der Waals surface area contributed by atoms with Gasteiger partial charge in [0.2, 0.25) is 5.89 Å². The van der Waals surface area contributed by atoms with Crippen LogP contribution in [0.25, 0.3) is 0 Å². The third kappa shape index (κ3) is 3.93. The molecule has 1 aromatic carbocycles. The van der Waals surface area contributed by atoms with Crippen LogP contribution in [-0.2, 0) is 17.9 Å². The first kappa shape index (κ1) is 16.9. The monoisotopic (exact) mass is 391 g/mol. The van der Waals surface area contributed by atoms with Crippen molar-refractivity contribution in [1.82, 2.24) is 15.0 Å². The maximum atomic E-state index is 9.32. The molecule has 24 heavy (non-hydrogen) atoms. The molecule has 8 heteroatoms. The van der Waals surface area contributed by atoms with E-state index in [4.69, 9.17) is 9.26 Å². The van der Waals surface area contributed by atoms with Crippen molar-refractivity contribution in [3.8, 4) is 6.07 Å². The summed E-state index contributed by atoms with van der Waals surface area (Å²) in [6, 6.07) is 8.09. The van der Waals surface area contributed by atoms with E-state index in [-0.39, 0.29) is 0 Å². The van der Waals surface area contributed by atoms with E-state index < -0.39 is 0 Å². The molecule has 1 aliphatic heterocycles. The van der Waals surface area contributed by atoms with Gasteiger partial charge in [-0.1, -0.05) is 21.1 Å². The molecular formula is C16H18BrN5O2. The Morgan fingerprint density at radius 3 is 2.83 bits per heavy atom. The quantitative estimate of drug-likeness (QED) is 0.772. The maximum Gasteiger partial charge on any atom is 0.240 e. The lowest BCUT2D eigenvalue weighted by atomic mass is 10.1. The lowest BCUT2D eigenvalue weighted by Crippen LogP contribution is -2.46. The number of nitriles is 1. The zero-order chi connectivity index (χ0) is 16.9. The minimum atomic E-state index is 0.359. The van der Waals surface area contributed by atoms with Gasteiger partial charge in [0.05, 0.1) is 17.8 Å². The number of piperazine rings is 1. The fourth-order valence-corrected chi connectivity index (χ4v) is 3.11. The first-order chi connectivity index (χ1) is 11.7. The van der Waals surface area contributed by atoms with E-state index in [0.717, 1.165) is 36.3 Å². The second-order valence-electron chi connectivity index (χ2n) is 5.57. The van der Waals surface area contributed by atoms with E-state index in [1.807, 2.05) is 18.2 Å². The highest BCUT2D eigenvalue weighted by Crippen LogP contribution is 2.25. The van der Waals surface area contributed by atoms with Crippen LogP contribution in [0.5, 0.6) is 0 Å². The summed E-state index contributed by atoms with van der Waals surface area (Å²) in [4.78, 5) is 8.81. The van der Waals surface area contributed by atoms with Crippen molar-refractivity contribution in [3.05, 3.63) is 40.0 Å². The summed E-state index contributed by atoms with van der Waals surface area (Å²) < 4.78 is 11.1. The molecule has 3 rings (SSSR count). The largest absolute Gasteiger partial charge is 0.377 e. The summed E-state index contributed by atoms with van der Waals surface area (Å²) in [5.41, 5.74) is 1.68. The molecule has 0 atom stereocenters. The second kappa shape index (κ2) is 7.75. The van der Waals surface area contributed by atoms with Gasteiger partial charge in [0, 0.05) is 37.8 Å². The van der Waals surface area contributed by atoms with Crippen molar-refractivity contribution in [3.63, 3.8) is 0 Å². The number of methoxy groups -OCH3 is 1. The summed E-state index contributed by atoms with van der Waals surface area (Å²) in [7, 11) is 1.60. The number of halogens is 1. The minimum Gasteiger partial charge on any atom is -0.377 e. The number of anilines is 1. The molecule has 0 bridgehead atoms. The Balaban J connectivity index is 1.58. The van der Waals surface area contributed by atoms with Crippen LogP contribution in [0.15, 0.2) is 27.2 Å². The van der Waals surface area contributed by atoms with Crippen LogP contribution < -0.4 is 4.90 Å². The van der Waals surface area contributed by atoms with Crippen LogP contribution in [0, 0.1) is 11.3 Å². The molecular weight excluding hydrogens is 374 g/mol. The number of nitrogens with zero attached hydrogens (tertiary/aromatic N) is 5. The predicted octanol–water partition coefficient (Wildman–Crippen LogP) is 2.17. The molecule has 1 saturated heterocycles. The van der Waals surface area contributed by atoms with Crippen molar-refractivity contribution in [2.75, 3.05) is 38.2 Å². The first-order valence-electron chi connectivity index (χ1n) is 7.67. The van der Waals surface area contributed by atoms with Gasteiger partial charge in [0.1, 0.15) is 12.7 Å². The Hall–Kier alpha value is -1.95. The fourth-order valence-electron chi connectivity index (χ4n) is 2.75. The summed E-state index contributed by atoms with van der Waals surface area (Å²) >= 11 is 3.41. The smallest absolute Gasteiger partial charge is 0.240 e. The molecule has 0 unspecified atom stereocenters. The summed E-state index contributed by atoms with van der Waals surface area (Å²) in [6.07, 6.45) is 0. The SMILES string of the molecule is COCc1noc(CN2CCN(c3ccc(Br)cc3C#N)CC2)n1. The number of hydrogen-bond acceptors (Lipinski definition) is 7. The van der Waals surface area contributed by atoms with Crippen molar-refractivity contribution >= 4 is 21.6 Å². The molecule has 2 aromatic rings. The molecule has 1 aromatic heterocycles. The summed E-state index contributed by atoms with van der Waals surface area (Å²) in [5.74, 6) is 1.18. The highest BCUT2D eigenvalue weighted by atomic mass is 79.9. The van der Waals surface area contributed by atoms with Gasteiger partial charge >= 0.3 is 0 Å². The van der Waals surface area contributed by atoms with E-state index in [9.17, 15) is 5.26 Å². The highest BCUT2D eigenvalue weighted by Gasteiger charge is 2.21. The van der Waals surface area contributed by atoms with Crippen LogP contribution in [0.1, 0.15) is 17.3 Å². The van der Waals surface area contributed by atoms with Crippen LogP contribution in [0.3, 0.4) is 0 Å². The molecule has 1 fully saturated rings.